The first-order chi connectivity index (χ1) is 61.4. The van der Waals surface area contributed by atoms with Gasteiger partial charge in [0.05, 0.1) is 41.0 Å². The van der Waals surface area contributed by atoms with Crippen molar-refractivity contribution in [3.8, 4) is 5.75 Å². The number of likely N-dealkylation sites (N-methyl/N-ethyl adjacent to an activating group) is 4. The zero-order valence-corrected chi connectivity index (χ0v) is 75.6. The number of phenolic OH excluding ortho intramolecular Hbond substituents is 1. The molecule has 34 nitrogen and oxygen atoms in total. The van der Waals surface area contributed by atoms with E-state index >= 15 is 43.2 Å². The van der Waals surface area contributed by atoms with E-state index < -0.39 is 205 Å². The normalized spacial score (nSPS) is 22.2. The molecule has 2 bridgehead atoms. The number of phenols is 1. The number of primary amides is 1. The number of aliphatic carboxylic acids is 1. The number of nitrogens with two attached hydrogens (primary N) is 1. The van der Waals surface area contributed by atoms with E-state index in [0.717, 1.165) is 26.5 Å². The largest absolute Gasteiger partial charge is 0.508 e. The Balaban J connectivity index is 1.12. The van der Waals surface area contributed by atoms with Crippen molar-refractivity contribution in [1.82, 2.24) is 72.4 Å². The molecule has 2 aliphatic rings. The van der Waals surface area contributed by atoms with Crippen LogP contribution in [0.1, 0.15) is 100 Å². The van der Waals surface area contributed by atoms with Gasteiger partial charge >= 0.3 is 5.97 Å². The smallest absolute Gasteiger partial charge is 0.305 e. The number of nitrogens with one attached hydrogen (secondary N) is 10. The monoisotopic (exact) mass is 1830 g/mol. The molecule has 1 unspecified atom stereocenters. The van der Waals surface area contributed by atoms with Crippen LogP contribution in [0.25, 0.3) is 10.9 Å². The van der Waals surface area contributed by atoms with Crippen LogP contribution in [-0.4, -0.2) is 255 Å². The lowest BCUT2D eigenvalue weighted by molar-refractivity contribution is -0.151. The van der Waals surface area contributed by atoms with Crippen LogP contribution >= 0.6 is 35.0 Å². The minimum Gasteiger partial charge on any atom is -0.508 e. The number of aromatic hydroxyl groups is 1. The summed E-state index contributed by atoms with van der Waals surface area (Å²) in [6, 6.07) is 24.4. The van der Waals surface area contributed by atoms with Crippen LogP contribution in [0.15, 0.2) is 158 Å². The zero-order valence-electron chi connectivity index (χ0n) is 73.2. The summed E-state index contributed by atoms with van der Waals surface area (Å²) in [6.07, 6.45) is 0.0776. The second-order valence-electron chi connectivity index (χ2n) is 33.0. The Morgan fingerprint density at radius 1 is 0.527 bits per heavy atom. The van der Waals surface area contributed by atoms with Gasteiger partial charge < -0.3 is 93.3 Å². The molecule has 0 aliphatic carbocycles. The lowest BCUT2D eigenvalue weighted by Crippen LogP contribution is -2.62. The van der Waals surface area contributed by atoms with Crippen LogP contribution in [0.5, 0.6) is 5.75 Å². The number of carbonyl (C=O) groups excluding carboxylic acids is 15. The Kier molecular flexibility index (Phi) is 36.6. The zero-order chi connectivity index (χ0) is 94.0. The Morgan fingerprint density at radius 2 is 1.08 bits per heavy atom. The van der Waals surface area contributed by atoms with Crippen LogP contribution in [0.4, 0.5) is 5.69 Å². The van der Waals surface area contributed by atoms with E-state index in [0.29, 0.717) is 57.1 Å². The summed E-state index contributed by atoms with van der Waals surface area (Å²) in [7, 11) is 5.28. The predicted molar refractivity (Wildman–Crippen MR) is 485 cm³/mol. The molecule has 129 heavy (non-hydrogen) atoms. The molecule has 2 aliphatic heterocycles. The first-order valence-corrected chi connectivity index (χ1v) is 44.3. The van der Waals surface area contributed by atoms with Gasteiger partial charge in [0, 0.05) is 95.6 Å². The topological polar surface area (TPSA) is 480 Å². The third-order valence-electron chi connectivity index (χ3n) is 22.3. The van der Waals surface area contributed by atoms with Gasteiger partial charge in [-0.2, -0.15) is 0 Å². The van der Waals surface area contributed by atoms with Crippen molar-refractivity contribution in [2.75, 3.05) is 64.2 Å². The molecule has 1 saturated heterocycles. The number of carboxylic acid groups (broad SMARTS) is 1. The van der Waals surface area contributed by atoms with Crippen molar-refractivity contribution < 1.29 is 86.9 Å². The number of amides is 15. The number of carboxylic acids is 1. The fourth-order valence-electron chi connectivity index (χ4n) is 15.4. The number of benzene rings is 6. The number of fused-ring (bicyclic) bond motifs is 5. The van der Waals surface area contributed by atoms with Gasteiger partial charge in [-0.05, 0) is 82.3 Å². The highest BCUT2D eigenvalue weighted by Gasteiger charge is 2.44. The van der Waals surface area contributed by atoms with E-state index in [-0.39, 0.29) is 78.8 Å². The first kappa shape index (κ1) is 99.9. The number of halogens is 2. The van der Waals surface area contributed by atoms with Gasteiger partial charge in [0.15, 0.2) is 0 Å². The highest BCUT2D eigenvalue weighted by Crippen LogP contribution is 2.33. The Bertz CT molecular complexity index is 5230. The maximum Gasteiger partial charge on any atom is 0.305 e. The molecule has 37 heteroatoms. The quantitative estimate of drug-likeness (QED) is 0.0486. The third kappa shape index (κ3) is 28.3. The summed E-state index contributed by atoms with van der Waals surface area (Å²) in [5.74, 6) is -17.6. The van der Waals surface area contributed by atoms with Crippen LogP contribution in [0.3, 0.4) is 0 Å². The lowest BCUT2D eigenvalue weighted by Gasteiger charge is -2.37. The molecule has 15 amide bonds. The molecule has 1 fully saturated rings. The van der Waals surface area contributed by atoms with Gasteiger partial charge in [-0.15, -0.1) is 11.8 Å². The van der Waals surface area contributed by atoms with E-state index in [1.807, 2.05) is 6.92 Å². The molecule has 11 atom stereocenters. The van der Waals surface area contributed by atoms with Crippen molar-refractivity contribution in [3.63, 3.8) is 0 Å². The highest BCUT2D eigenvalue weighted by atomic mass is 35.5. The second kappa shape index (κ2) is 47.2. The number of thioether (sulfide) groups is 1. The molecule has 1 aromatic heterocycles. The number of H-pyrrole nitrogens is 1. The molecule has 0 saturated carbocycles. The maximum atomic E-state index is 15.5. The predicted octanol–water partition coefficient (Wildman–Crippen LogP) is 3.82. The van der Waals surface area contributed by atoms with E-state index in [2.05, 4.69) is 52.8 Å². The maximum absolute atomic E-state index is 15.5. The van der Waals surface area contributed by atoms with Crippen LogP contribution in [0.2, 0.25) is 10.0 Å². The number of carbonyl (C=O) groups is 16. The SMILES string of the molecule is CCCC[C@H]1C(=O)N(C)CC(=O)N[C@@H](CC(=O)O)C(=O)N[C@@H](C(C)C)C(=O)N(C)[C@@H](Cc2ccccc2)C(=O)N[C@H]2Cc3ccc(O)cc3N(CC(=O)N[C@@H](Cc3c[nH]c4ccccc34)C(=O)NC(Cc3ccc(Cl)c(Cl)c3)C(=O)N[C@@H](CC(C)C)C(=O)N[C@H](C(=O)NCC(N)=O)CSCC(=O)N[C@@H](Cc3ccccc3)C(=O)N(C)[C@@H](Cc3ccccc3)C(=O)N1C)C2=O. The lowest BCUT2D eigenvalue weighted by atomic mass is 9.95. The van der Waals surface area contributed by atoms with Crippen molar-refractivity contribution >= 4 is 146 Å². The molecule has 688 valence electrons. The van der Waals surface area contributed by atoms with Crippen molar-refractivity contribution in [1.29, 1.82) is 0 Å². The number of hydrogen-bond acceptors (Lipinski definition) is 18. The van der Waals surface area contributed by atoms with Gasteiger partial charge in [0.1, 0.15) is 78.8 Å². The molecule has 7 aromatic rings. The average molecular weight is 1830 g/mol. The first-order valence-electron chi connectivity index (χ1n) is 42.4. The molecule has 0 spiro atoms. The minimum absolute atomic E-state index is 0.0312. The van der Waals surface area contributed by atoms with Crippen LogP contribution in [-0.2, 0) is 115 Å². The Hall–Kier alpha value is -12.9. The van der Waals surface area contributed by atoms with Gasteiger partial charge in [-0.3, -0.25) is 76.7 Å². The molecular weight excluding hydrogens is 1720 g/mol. The number of aromatic amines is 1. The molecule has 3 heterocycles. The van der Waals surface area contributed by atoms with Gasteiger partial charge in [-0.1, -0.05) is 192 Å². The fraction of sp³-hybridized carbons (Fsp3) is 0.413. The third-order valence-corrected chi connectivity index (χ3v) is 24.1. The van der Waals surface area contributed by atoms with E-state index in [1.165, 1.54) is 74.4 Å². The second-order valence-corrected chi connectivity index (χ2v) is 34.9. The van der Waals surface area contributed by atoms with Crippen molar-refractivity contribution in [3.05, 3.63) is 201 Å². The van der Waals surface area contributed by atoms with E-state index in [1.54, 1.807) is 149 Å². The molecule has 14 N–H and O–H groups in total. The Morgan fingerprint density at radius 3 is 1.69 bits per heavy atom. The standard InChI is InChI=1S/C92H112Cl2N16O18S/c1-10-11-31-72-90(126)106(6)48-77(113)99-68(45-80(116)117)86(122)105-81(53(4)5)92(128)108(8)74(40-55-25-17-13-18-26-55)87(123)103-70-42-58-33-34-60(111)44-73(58)110(89(70)125)49-78(114)98-67(43-59-46-96-64-30-22-21-29-61(59)64)85(121)102-66(39-57-32-35-62(93)63(94)37-57)84(120)101-65(36-52(2)3)83(119)104-71(82(118)97-47-76(95)112)50-129-51-79(115)100-69(38-54-23-15-12-16-24-54)88(124)109(9)75(91(127)107(72)7)41-56-27-19-14-20-28-56/h12-30,32-35,37,44,46,52-53,65-72,74-75,81,96,111H,10-11,31,36,38-43,45,47-51H2,1-9H3,(H2,95,112)(H,97,118)(H,98,114)(H,99,113)(H,100,115)(H,101,120)(H,102,121)(H,103,123)(H,104,119)(H,105,122)(H,116,117)/t65-,66?,67-,68-,69-,70-,71-,72-,74-,75-,81-/m0/s1. The van der Waals surface area contributed by atoms with Gasteiger partial charge in [-0.25, -0.2) is 0 Å². The number of aromatic nitrogens is 1. The number of anilines is 1. The number of nitrogens with zero attached hydrogens (tertiary/aromatic N) is 5. The number of rotatable bonds is 21. The molecule has 6 aromatic carbocycles. The summed E-state index contributed by atoms with van der Waals surface area (Å²) in [4.78, 5) is 244. The average Bonchev–Trinajstić information content (AvgIpc) is 1.42. The van der Waals surface area contributed by atoms with Crippen molar-refractivity contribution in [2.45, 2.75) is 172 Å². The number of unbranched alkanes of at least 4 members (excludes halogenated alkanes) is 1. The Labute approximate surface area is 761 Å². The molecule has 0 radical (unpaired) electrons. The van der Waals surface area contributed by atoms with E-state index in [4.69, 9.17) is 28.9 Å². The fourth-order valence-corrected chi connectivity index (χ4v) is 16.5. The van der Waals surface area contributed by atoms with E-state index in [9.17, 15) is 43.8 Å². The summed E-state index contributed by atoms with van der Waals surface area (Å²) in [5, 5.41) is 46.1. The molecular formula is C92H112Cl2N16O18S. The summed E-state index contributed by atoms with van der Waals surface area (Å²) >= 11 is 13.8. The summed E-state index contributed by atoms with van der Waals surface area (Å²) in [5.41, 5.74) is 9.03. The van der Waals surface area contributed by atoms with Crippen LogP contribution < -0.4 is 58.5 Å². The van der Waals surface area contributed by atoms with Crippen molar-refractivity contribution in [2.24, 2.45) is 17.6 Å². The number of para-hydroxylation sites is 1. The summed E-state index contributed by atoms with van der Waals surface area (Å²) < 4.78 is 0. The van der Waals surface area contributed by atoms with Crippen LogP contribution in [0, 0.1) is 11.8 Å². The summed E-state index contributed by atoms with van der Waals surface area (Å²) in [6.45, 7) is 6.08. The number of hydrogen-bond donors (Lipinski definition) is 13. The van der Waals surface area contributed by atoms with Gasteiger partial charge in [0.25, 0.3) is 0 Å². The highest BCUT2D eigenvalue weighted by molar-refractivity contribution is 8.00. The minimum atomic E-state index is -1.90. The molecule has 9 rings (SSSR count). The van der Waals surface area contributed by atoms with Gasteiger partial charge in [0.2, 0.25) is 88.6 Å².